The summed E-state index contributed by atoms with van der Waals surface area (Å²) in [4.78, 5) is 13.9. The van der Waals surface area contributed by atoms with E-state index in [1.807, 2.05) is 6.20 Å². The molecular weight excluding hydrogens is 226 g/mol. The average Bonchev–Trinajstić information content (AvgIpc) is 2.39. The number of hydrogen-bond acceptors (Lipinski definition) is 5. The molecule has 2 aliphatic rings. The number of likely N-dealkylation sites (N-methyl/N-ethyl adjacent to an activating group) is 1. The molecule has 0 saturated carbocycles. The molecule has 1 saturated heterocycles. The number of aromatic nitrogens is 2. The summed E-state index contributed by atoms with van der Waals surface area (Å²) in [6, 6.07) is 0.288. The van der Waals surface area contributed by atoms with Gasteiger partial charge in [-0.3, -0.25) is 0 Å². The van der Waals surface area contributed by atoms with Crippen molar-refractivity contribution in [3.63, 3.8) is 0 Å². The van der Waals surface area contributed by atoms with Gasteiger partial charge in [0.2, 0.25) is 5.95 Å². The van der Waals surface area contributed by atoms with Crippen LogP contribution in [0.3, 0.4) is 0 Å². The number of anilines is 1. The molecule has 98 valence electrons. The number of hydrogen-bond donors (Lipinski definition) is 1. The summed E-state index contributed by atoms with van der Waals surface area (Å²) in [6.45, 7) is 4.22. The third kappa shape index (κ3) is 2.33. The van der Waals surface area contributed by atoms with Gasteiger partial charge in [0.1, 0.15) is 0 Å². The Balaban J connectivity index is 1.78. The zero-order valence-corrected chi connectivity index (χ0v) is 11.0. The Hall–Kier alpha value is -1.20. The van der Waals surface area contributed by atoms with Crippen molar-refractivity contribution in [1.82, 2.24) is 14.9 Å². The van der Waals surface area contributed by atoms with E-state index in [2.05, 4.69) is 21.8 Å². The van der Waals surface area contributed by atoms with Crippen LogP contribution in [0.15, 0.2) is 6.20 Å². The molecule has 1 atom stereocenters. The molecule has 2 N–H and O–H groups in total. The van der Waals surface area contributed by atoms with Crippen molar-refractivity contribution >= 4 is 5.95 Å². The normalized spacial score (nSPS) is 25.0. The Morgan fingerprint density at radius 2 is 2.06 bits per heavy atom. The highest BCUT2D eigenvalue weighted by Crippen LogP contribution is 2.20. The Bertz CT molecular complexity index is 425. The fraction of sp³-hybridized carbons (Fsp3) is 0.692. The molecule has 5 heteroatoms. The molecule has 1 aromatic rings. The highest BCUT2D eigenvalue weighted by atomic mass is 15.3. The van der Waals surface area contributed by atoms with Crippen LogP contribution in [0.5, 0.6) is 0 Å². The van der Waals surface area contributed by atoms with Gasteiger partial charge in [-0.1, -0.05) is 0 Å². The summed E-state index contributed by atoms with van der Waals surface area (Å²) >= 11 is 0. The Morgan fingerprint density at radius 1 is 1.28 bits per heavy atom. The molecule has 3 rings (SSSR count). The molecule has 0 amide bonds. The second kappa shape index (κ2) is 4.82. The van der Waals surface area contributed by atoms with E-state index in [1.54, 1.807) is 0 Å². The fourth-order valence-corrected chi connectivity index (χ4v) is 2.68. The van der Waals surface area contributed by atoms with Gasteiger partial charge in [0.25, 0.3) is 0 Å². The van der Waals surface area contributed by atoms with Crippen LogP contribution in [-0.4, -0.2) is 54.1 Å². The van der Waals surface area contributed by atoms with Crippen molar-refractivity contribution in [3.8, 4) is 0 Å². The molecule has 0 spiro atoms. The predicted octanol–water partition coefficient (Wildman–Crippen LogP) is 0.0444. The summed E-state index contributed by atoms with van der Waals surface area (Å²) in [6.07, 6.45) is 4.96. The molecule has 18 heavy (non-hydrogen) atoms. The first-order valence-electron chi connectivity index (χ1n) is 6.76. The summed E-state index contributed by atoms with van der Waals surface area (Å²) in [5, 5.41) is 0. The van der Waals surface area contributed by atoms with Crippen LogP contribution in [0.1, 0.15) is 17.7 Å². The van der Waals surface area contributed by atoms with Gasteiger partial charge in [-0.15, -0.1) is 0 Å². The topological polar surface area (TPSA) is 58.3 Å². The quantitative estimate of drug-likeness (QED) is 0.759. The summed E-state index contributed by atoms with van der Waals surface area (Å²) in [5.74, 6) is 0.900. The smallest absolute Gasteiger partial charge is 0.225 e. The first kappa shape index (κ1) is 11.9. The van der Waals surface area contributed by atoms with Crippen LogP contribution in [0.4, 0.5) is 5.95 Å². The second-order valence-corrected chi connectivity index (χ2v) is 5.44. The minimum Gasteiger partial charge on any atom is -0.338 e. The third-order valence-electron chi connectivity index (χ3n) is 3.96. The van der Waals surface area contributed by atoms with E-state index in [9.17, 15) is 0 Å². The van der Waals surface area contributed by atoms with E-state index < -0.39 is 0 Å². The van der Waals surface area contributed by atoms with Crippen LogP contribution in [0, 0.1) is 0 Å². The minimum atomic E-state index is 0.288. The first-order chi connectivity index (χ1) is 8.72. The standard InChI is InChI=1S/C13H21N5/c1-17-4-6-18(7-5-17)13-15-9-10-8-11(14)2-3-12(10)16-13/h9,11H,2-8,14H2,1H3. The van der Waals surface area contributed by atoms with E-state index in [0.717, 1.165) is 51.4 Å². The largest absolute Gasteiger partial charge is 0.338 e. The van der Waals surface area contributed by atoms with Crippen molar-refractivity contribution in [2.24, 2.45) is 5.73 Å². The Morgan fingerprint density at radius 3 is 2.83 bits per heavy atom. The average molecular weight is 247 g/mol. The monoisotopic (exact) mass is 247 g/mol. The summed E-state index contributed by atoms with van der Waals surface area (Å²) < 4.78 is 0. The lowest BCUT2D eigenvalue weighted by atomic mass is 9.94. The van der Waals surface area contributed by atoms with Gasteiger partial charge in [0.15, 0.2) is 0 Å². The number of fused-ring (bicyclic) bond motifs is 1. The number of nitrogens with zero attached hydrogens (tertiary/aromatic N) is 4. The summed E-state index contributed by atoms with van der Waals surface area (Å²) in [7, 11) is 2.16. The lowest BCUT2D eigenvalue weighted by molar-refractivity contribution is 0.311. The first-order valence-corrected chi connectivity index (χ1v) is 6.76. The second-order valence-electron chi connectivity index (χ2n) is 5.44. The molecule has 1 fully saturated rings. The van der Waals surface area contributed by atoms with Gasteiger partial charge in [-0.05, 0) is 31.9 Å². The molecule has 0 bridgehead atoms. The number of aryl methyl sites for hydroxylation is 1. The van der Waals surface area contributed by atoms with Gasteiger partial charge < -0.3 is 15.5 Å². The Kier molecular flexibility index (Phi) is 3.18. The van der Waals surface area contributed by atoms with Crippen molar-refractivity contribution in [3.05, 3.63) is 17.5 Å². The van der Waals surface area contributed by atoms with Gasteiger partial charge in [0.05, 0.1) is 0 Å². The van der Waals surface area contributed by atoms with Crippen LogP contribution < -0.4 is 10.6 Å². The highest BCUT2D eigenvalue weighted by molar-refractivity contribution is 5.35. The molecule has 0 aromatic carbocycles. The van der Waals surface area contributed by atoms with E-state index in [0.29, 0.717) is 0 Å². The van der Waals surface area contributed by atoms with Crippen LogP contribution in [0.2, 0.25) is 0 Å². The SMILES string of the molecule is CN1CCN(c2ncc3c(n2)CCC(N)C3)CC1. The number of piperazine rings is 1. The van der Waals surface area contributed by atoms with E-state index in [1.165, 1.54) is 11.3 Å². The lowest BCUT2D eigenvalue weighted by Crippen LogP contribution is -2.45. The van der Waals surface area contributed by atoms with Crippen molar-refractivity contribution in [2.45, 2.75) is 25.3 Å². The van der Waals surface area contributed by atoms with Gasteiger partial charge in [0, 0.05) is 44.1 Å². The maximum Gasteiger partial charge on any atom is 0.225 e. The zero-order chi connectivity index (χ0) is 12.5. The number of nitrogens with two attached hydrogens (primary N) is 1. The molecular formula is C13H21N5. The fourth-order valence-electron chi connectivity index (χ4n) is 2.68. The molecule has 0 radical (unpaired) electrons. The van der Waals surface area contributed by atoms with Crippen LogP contribution >= 0.6 is 0 Å². The van der Waals surface area contributed by atoms with Gasteiger partial charge >= 0.3 is 0 Å². The number of rotatable bonds is 1. The molecule has 5 nitrogen and oxygen atoms in total. The van der Waals surface area contributed by atoms with Gasteiger partial charge in [-0.2, -0.15) is 0 Å². The minimum absolute atomic E-state index is 0.288. The third-order valence-corrected chi connectivity index (χ3v) is 3.96. The van der Waals surface area contributed by atoms with Crippen LogP contribution in [0.25, 0.3) is 0 Å². The van der Waals surface area contributed by atoms with Gasteiger partial charge in [-0.25, -0.2) is 9.97 Å². The predicted molar refractivity (Wildman–Crippen MR) is 71.7 cm³/mol. The zero-order valence-electron chi connectivity index (χ0n) is 11.0. The van der Waals surface area contributed by atoms with Crippen molar-refractivity contribution < 1.29 is 0 Å². The van der Waals surface area contributed by atoms with Crippen molar-refractivity contribution in [1.29, 1.82) is 0 Å². The summed E-state index contributed by atoms with van der Waals surface area (Å²) in [5.41, 5.74) is 8.43. The Labute approximate surface area is 108 Å². The molecule has 2 heterocycles. The van der Waals surface area contributed by atoms with Crippen molar-refractivity contribution in [2.75, 3.05) is 38.1 Å². The highest BCUT2D eigenvalue weighted by Gasteiger charge is 2.21. The molecule has 1 aromatic heterocycles. The van der Waals surface area contributed by atoms with E-state index >= 15 is 0 Å². The van der Waals surface area contributed by atoms with E-state index in [-0.39, 0.29) is 6.04 Å². The van der Waals surface area contributed by atoms with E-state index in [4.69, 9.17) is 10.7 Å². The molecule has 1 unspecified atom stereocenters. The van der Waals surface area contributed by atoms with Crippen LogP contribution in [-0.2, 0) is 12.8 Å². The molecule has 1 aliphatic carbocycles. The maximum atomic E-state index is 5.97. The maximum absolute atomic E-state index is 5.97. The molecule has 1 aliphatic heterocycles. The lowest BCUT2D eigenvalue weighted by Gasteiger charge is -2.33.